The van der Waals surface area contributed by atoms with Crippen molar-refractivity contribution in [3.63, 3.8) is 0 Å². The summed E-state index contributed by atoms with van der Waals surface area (Å²) in [5.41, 5.74) is 0.709. The van der Waals surface area contributed by atoms with Gasteiger partial charge in [-0.05, 0) is 26.3 Å². The Labute approximate surface area is 121 Å². The van der Waals surface area contributed by atoms with E-state index in [0.717, 1.165) is 5.56 Å². The summed E-state index contributed by atoms with van der Waals surface area (Å²) in [6.45, 7) is 7.54. The molecule has 0 aliphatic carbocycles. The van der Waals surface area contributed by atoms with Crippen molar-refractivity contribution in [1.82, 2.24) is 10.6 Å². The van der Waals surface area contributed by atoms with Crippen LogP contribution in [-0.4, -0.2) is 23.4 Å². The van der Waals surface area contributed by atoms with Crippen molar-refractivity contribution in [3.05, 3.63) is 35.9 Å². The molecule has 0 fully saturated rings. The molecule has 0 aromatic heterocycles. The Bertz CT molecular complexity index is 449. The van der Waals surface area contributed by atoms with E-state index in [2.05, 4.69) is 10.6 Å². The minimum absolute atomic E-state index is 0.116. The second kappa shape index (κ2) is 7.08. The maximum atomic E-state index is 12.3. The summed E-state index contributed by atoms with van der Waals surface area (Å²) in [5, 5.41) is 5.70. The molecule has 4 nitrogen and oxygen atoms in total. The molecule has 0 radical (unpaired) electrons. The Morgan fingerprint density at radius 3 is 2.25 bits per heavy atom. The van der Waals surface area contributed by atoms with Crippen LogP contribution in [-0.2, 0) is 16.0 Å². The van der Waals surface area contributed by atoms with Gasteiger partial charge in [0.05, 0.1) is 0 Å². The van der Waals surface area contributed by atoms with Gasteiger partial charge in [-0.15, -0.1) is 0 Å². The SMILES string of the molecule is CCC(=O)NC(Cc1ccccc1)C(=O)NC(C)(C)C. The van der Waals surface area contributed by atoms with Crippen LogP contribution in [0.1, 0.15) is 39.7 Å². The topological polar surface area (TPSA) is 58.2 Å². The zero-order valence-electron chi connectivity index (χ0n) is 12.7. The van der Waals surface area contributed by atoms with E-state index in [4.69, 9.17) is 0 Å². The summed E-state index contributed by atoms with van der Waals surface area (Å²) in [6.07, 6.45) is 0.864. The zero-order chi connectivity index (χ0) is 15.2. The van der Waals surface area contributed by atoms with Gasteiger partial charge in [-0.3, -0.25) is 9.59 Å². The fourth-order valence-corrected chi connectivity index (χ4v) is 1.81. The van der Waals surface area contributed by atoms with E-state index in [1.165, 1.54) is 0 Å². The molecule has 0 heterocycles. The Balaban J connectivity index is 2.79. The van der Waals surface area contributed by atoms with Crippen molar-refractivity contribution < 1.29 is 9.59 Å². The van der Waals surface area contributed by atoms with Crippen molar-refractivity contribution in [2.45, 2.75) is 52.1 Å². The first kappa shape index (κ1) is 16.2. The number of carbonyl (C=O) groups excluding carboxylic acids is 2. The van der Waals surface area contributed by atoms with Crippen molar-refractivity contribution in [2.24, 2.45) is 0 Å². The Morgan fingerprint density at radius 1 is 1.15 bits per heavy atom. The van der Waals surface area contributed by atoms with E-state index in [-0.39, 0.29) is 17.4 Å². The zero-order valence-corrected chi connectivity index (χ0v) is 12.7. The fourth-order valence-electron chi connectivity index (χ4n) is 1.81. The van der Waals surface area contributed by atoms with Gasteiger partial charge in [-0.2, -0.15) is 0 Å². The van der Waals surface area contributed by atoms with Gasteiger partial charge in [-0.25, -0.2) is 0 Å². The molecular weight excluding hydrogens is 252 g/mol. The third kappa shape index (κ3) is 5.87. The van der Waals surface area contributed by atoms with E-state index >= 15 is 0 Å². The van der Waals surface area contributed by atoms with E-state index < -0.39 is 6.04 Å². The second-order valence-corrected chi connectivity index (χ2v) is 5.90. The first-order valence-electron chi connectivity index (χ1n) is 6.97. The maximum Gasteiger partial charge on any atom is 0.243 e. The summed E-state index contributed by atoms with van der Waals surface area (Å²) in [4.78, 5) is 23.9. The highest BCUT2D eigenvalue weighted by molar-refractivity contribution is 5.88. The Hall–Kier alpha value is -1.84. The largest absolute Gasteiger partial charge is 0.350 e. The van der Waals surface area contributed by atoms with Gasteiger partial charge in [0.2, 0.25) is 11.8 Å². The molecule has 0 saturated heterocycles. The molecule has 0 saturated carbocycles. The molecule has 110 valence electrons. The minimum atomic E-state index is -0.538. The van der Waals surface area contributed by atoms with Crippen LogP contribution in [0.15, 0.2) is 30.3 Å². The van der Waals surface area contributed by atoms with Crippen molar-refractivity contribution in [2.75, 3.05) is 0 Å². The van der Waals surface area contributed by atoms with Gasteiger partial charge in [0.25, 0.3) is 0 Å². The quantitative estimate of drug-likeness (QED) is 0.864. The molecule has 4 heteroatoms. The highest BCUT2D eigenvalue weighted by Gasteiger charge is 2.24. The lowest BCUT2D eigenvalue weighted by atomic mass is 10.0. The second-order valence-electron chi connectivity index (χ2n) is 5.90. The van der Waals surface area contributed by atoms with Crippen molar-refractivity contribution in [1.29, 1.82) is 0 Å². The number of benzene rings is 1. The van der Waals surface area contributed by atoms with Crippen LogP contribution in [0, 0.1) is 0 Å². The number of nitrogens with one attached hydrogen (secondary N) is 2. The Morgan fingerprint density at radius 2 is 1.75 bits per heavy atom. The van der Waals surface area contributed by atoms with Gasteiger partial charge in [0.15, 0.2) is 0 Å². The van der Waals surface area contributed by atoms with Crippen LogP contribution in [0.2, 0.25) is 0 Å². The first-order valence-corrected chi connectivity index (χ1v) is 6.97. The third-order valence-electron chi connectivity index (χ3n) is 2.75. The molecule has 1 aromatic carbocycles. The smallest absolute Gasteiger partial charge is 0.243 e. The van der Waals surface area contributed by atoms with E-state index in [1.807, 2.05) is 51.1 Å². The molecular formula is C16H24N2O2. The monoisotopic (exact) mass is 276 g/mol. The summed E-state index contributed by atoms with van der Waals surface area (Å²) < 4.78 is 0. The minimum Gasteiger partial charge on any atom is -0.350 e. The van der Waals surface area contributed by atoms with Gasteiger partial charge in [-0.1, -0.05) is 37.3 Å². The summed E-state index contributed by atoms with van der Waals surface area (Å²) in [5.74, 6) is -0.266. The molecule has 1 aromatic rings. The average molecular weight is 276 g/mol. The highest BCUT2D eigenvalue weighted by Crippen LogP contribution is 2.06. The number of rotatable bonds is 5. The molecule has 1 rings (SSSR count). The van der Waals surface area contributed by atoms with Crippen LogP contribution in [0.3, 0.4) is 0 Å². The van der Waals surface area contributed by atoms with E-state index in [9.17, 15) is 9.59 Å². The standard InChI is InChI=1S/C16H24N2O2/c1-5-14(19)17-13(15(20)18-16(2,3)4)11-12-9-7-6-8-10-12/h6-10,13H,5,11H2,1-4H3,(H,17,19)(H,18,20). The molecule has 0 spiro atoms. The first-order chi connectivity index (χ1) is 9.31. The molecule has 0 bridgehead atoms. The Kier molecular flexibility index (Phi) is 5.74. The van der Waals surface area contributed by atoms with Gasteiger partial charge >= 0.3 is 0 Å². The van der Waals surface area contributed by atoms with Crippen LogP contribution in [0.4, 0.5) is 0 Å². The molecule has 0 aliphatic rings. The third-order valence-corrected chi connectivity index (χ3v) is 2.75. The van der Waals surface area contributed by atoms with Gasteiger partial charge < -0.3 is 10.6 Å². The molecule has 1 atom stereocenters. The number of hydrogen-bond donors (Lipinski definition) is 2. The summed E-state index contributed by atoms with van der Waals surface area (Å²) in [7, 11) is 0. The molecule has 0 aliphatic heterocycles. The highest BCUT2D eigenvalue weighted by atomic mass is 16.2. The molecule has 1 unspecified atom stereocenters. The van der Waals surface area contributed by atoms with Crippen molar-refractivity contribution >= 4 is 11.8 Å². The van der Waals surface area contributed by atoms with E-state index in [1.54, 1.807) is 6.92 Å². The average Bonchev–Trinajstić information content (AvgIpc) is 2.37. The van der Waals surface area contributed by atoms with Gasteiger partial charge in [0.1, 0.15) is 6.04 Å². The van der Waals surface area contributed by atoms with Crippen LogP contribution in [0.5, 0.6) is 0 Å². The summed E-state index contributed by atoms with van der Waals surface area (Å²) in [6, 6.07) is 9.15. The predicted octanol–water partition coefficient (Wildman–Crippen LogP) is 2.04. The molecule has 2 N–H and O–H groups in total. The maximum absolute atomic E-state index is 12.3. The number of hydrogen-bond acceptors (Lipinski definition) is 2. The molecule has 2 amide bonds. The lowest BCUT2D eigenvalue weighted by Gasteiger charge is -2.25. The number of carbonyl (C=O) groups is 2. The fraction of sp³-hybridized carbons (Fsp3) is 0.500. The van der Waals surface area contributed by atoms with Gasteiger partial charge in [0, 0.05) is 18.4 Å². The predicted molar refractivity (Wildman–Crippen MR) is 80.3 cm³/mol. The normalized spacial score (nSPS) is 12.6. The lowest BCUT2D eigenvalue weighted by molar-refractivity contribution is -0.129. The van der Waals surface area contributed by atoms with E-state index in [0.29, 0.717) is 12.8 Å². The van der Waals surface area contributed by atoms with Crippen molar-refractivity contribution in [3.8, 4) is 0 Å². The summed E-state index contributed by atoms with van der Waals surface area (Å²) >= 11 is 0. The van der Waals surface area contributed by atoms with Crippen LogP contribution >= 0.6 is 0 Å². The van der Waals surface area contributed by atoms with Crippen LogP contribution in [0.25, 0.3) is 0 Å². The number of amides is 2. The van der Waals surface area contributed by atoms with Crippen LogP contribution < -0.4 is 10.6 Å². The lowest BCUT2D eigenvalue weighted by Crippen LogP contribution is -2.52. The molecule has 20 heavy (non-hydrogen) atoms.